The minimum Gasteiger partial charge on any atom is -0.496 e. The number of hydrogen-bond donors (Lipinski definition) is 0. The highest BCUT2D eigenvalue weighted by atomic mass is 16.5. The van der Waals surface area contributed by atoms with Crippen molar-refractivity contribution in [1.29, 1.82) is 0 Å². The third-order valence-corrected chi connectivity index (χ3v) is 2.96. The highest BCUT2D eigenvalue weighted by Crippen LogP contribution is 2.24. The zero-order valence-corrected chi connectivity index (χ0v) is 11.5. The number of methoxy groups -OCH3 is 2. The third-order valence-electron chi connectivity index (χ3n) is 2.96. The van der Waals surface area contributed by atoms with Gasteiger partial charge in [0.1, 0.15) is 5.75 Å². The fourth-order valence-electron chi connectivity index (χ4n) is 1.77. The Morgan fingerprint density at radius 3 is 2.61 bits per heavy atom. The van der Waals surface area contributed by atoms with Gasteiger partial charge < -0.3 is 14.4 Å². The summed E-state index contributed by atoms with van der Waals surface area (Å²) >= 11 is 0. The van der Waals surface area contributed by atoms with Crippen LogP contribution in [0.25, 0.3) is 0 Å². The van der Waals surface area contributed by atoms with Gasteiger partial charge >= 0.3 is 5.97 Å². The summed E-state index contributed by atoms with van der Waals surface area (Å²) in [7, 11) is 5.05. The van der Waals surface area contributed by atoms with Crippen molar-refractivity contribution in [3.05, 3.63) is 23.8 Å². The fraction of sp³-hybridized carbons (Fsp3) is 0.500. The van der Waals surface area contributed by atoms with E-state index < -0.39 is 0 Å². The number of aryl methyl sites for hydroxylation is 1. The van der Waals surface area contributed by atoms with Crippen molar-refractivity contribution in [2.75, 3.05) is 32.7 Å². The fourth-order valence-corrected chi connectivity index (χ4v) is 1.77. The number of hydrogen-bond acceptors (Lipinski definition) is 4. The Bertz CT molecular complexity index is 404. The quantitative estimate of drug-likeness (QED) is 0.727. The largest absolute Gasteiger partial charge is 0.496 e. The first-order chi connectivity index (χ1) is 8.62. The Balaban J connectivity index is 2.73. The van der Waals surface area contributed by atoms with Gasteiger partial charge in [-0.15, -0.1) is 0 Å². The number of nitrogens with zero attached hydrogens (tertiary/aromatic N) is 1. The maximum Gasteiger partial charge on any atom is 0.307 e. The molecule has 1 aromatic rings. The lowest BCUT2D eigenvalue weighted by molar-refractivity contribution is -0.140. The van der Waals surface area contributed by atoms with Crippen molar-refractivity contribution in [2.24, 2.45) is 0 Å². The summed E-state index contributed by atoms with van der Waals surface area (Å²) in [6.07, 6.45) is 1.31. The van der Waals surface area contributed by atoms with Gasteiger partial charge in [0.25, 0.3) is 0 Å². The Hall–Kier alpha value is -1.71. The lowest BCUT2D eigenvalue weighted by atomic mass is 10.1. The molecule has 0 aliphatic heterocycles. The molecule has 0 amide bonds. The highest BCUT2D eigenvalue weighted by Gasteiger charge is 2.08. The maximum atomic E-state index is 11.1. The second-order valence-corrected chi connectivity index (χ2v) is 4.10. The molecule has 0 unspecified atom stereocenters. The summed E-state index contributed by atoms with van der Waals surface area (Å²) in [4.78, 5) is 13.1. The number of ether oxygens (including phenoxy) is 2. The van der Waals surface area contributed by atoms with E-state index in [2.05, 4.69) is 17.7 Å². The topological polar surface area (TPSA) is 38.8 Å². The van der Waals surface area contributed by atoms with E-state index in [1.807, 2.05) is 24.1 Å². The zero-order valence-electron chi connectivity index (χ0n) is 11.5. The van der Waals surface area contributed by atoms with Gasteiger partial charge in [0.05, 0.1) is 20.6 Å². The van der Waals surface area contributed by atoms with Crippen LogP contribution in [0.1, 0.15) is 18.9 Å². The van der Waals surface area contributed by atoms with Crippen LogP contribution in [0.4, 0.5) is 5.69 Å². The molecule has 0 aliphatic carbocycles. The molecule has 1 rings (SSSR count). The van der Waals surface area contributed by atoms with E-state index in [0.29, 0.717) is 13.0 Å². The summed E-state index contributed by atoms with van der Waals surface area (Å²) < 4.78 is 9.93. The van der Waals surface area contributed by atoms with Crippen LogP contribution in [0.15, 0.2) is 18.2 Å². The van der Waals surface area contributed by atoms with E-state index in [-0.39, 0.29) is 5.97 Å². The molecule has 100 valence electrons. The Morgan fingerprint density at radius 2 is 2.06 bits per heavy atom. The van der Waals surface area contributed by atoms with Gasteiger partial charge in [-0.25, -0.2) is 0 Å². The first-order valence-corrected chi connectivity index (χ1v) is 6.07. The van der Waals surface area contributed by atoms with Crippen LogP contribution < -0.4 is 9.64 Å². The summed E-state index contributed by atoms with van der Waals surface area (Å²) in [6, 6.07) is 6.05. The second kappa shape index (κ2) is 6.89. The molecule has 0 saturated heterocycles. The summed E-state index contributed by atoms with van der Waals surface area (Å²) in [5.41, 5.74) is 2.25. The van der Waals surface area contributed by atoms with E-state index in [4.69, 9.17) is 4.74 Å². The van der Waals surface area contributed by atoms with Crippen LogP contribution in [0, 0.1) is 0 Å². The van der Waals surface area contributed by atoms with Crippen molar-refractivity contribution in [2.45, 2.75) is 19.8 Å². The monoisotopic (exact) mass is 251 g/mol. The van der Waals surface area contributed by atoms with Crippen molar-refractivity contribution in [3.8, 4) is 5.75 Å². The van der Waals surface area contributed by atoms with Crippen LogP contribution in [0.5, 0.6) is 5.75 Å². The average molecular weight is 251 g/mol. The van der Waals surface area contributed by atoms with Crippen molar-refractivity contribution in [3.63, 3.8) is 0 Å². The molecular formula is C14H21NO3. The zero-order chi connectivity index (χ0) is 13.5. The van der Waals surface area contributed by atoms with Gasteiger partial charge in [0, 0.05) is 19.3 Å². The van der Waals surface area contributed by atoms with Gasteiger partial charge in [-0.2, -0.15) is 0 Å². The molecule has 4 heteroatoms. The summed E-state index contributed by atoms with van der Waals surface area (Å²) in [6.45, 7) is 2.73. The summed E-state index contributed by atoms with van der Waals surface area (Å²) in [5.74, 6) is 0.716. The van der Waals surface area contributed by atoms with E-state index in [9.17, 15) is 4.79 Å². The predicted octanol–water partition coefficient (Wildman–Crippen LogP) is 2.26. The Kier molecular flexibility index (Phi) is 5.49. The normalized spacial score (nSPS) is 10.0. The molecule has 0 fully saturated rings. The van der Waals surface area contributed by atoms with Crippen LogP contribution in [-0.2, 0) is 16.0 Å². The Labute approximate surface area is 108 Å². The summed E-state index contributed by atoms with van der Waals surface area (Å²) in [5, 5.41) is 0. The first-order valence-electron chi connectivity index (χ1n) is 6.07. The molecule has 4 nitrogen and oxygen atoms in total. The molecule has 18 heavy (non-hydrogen) atoms. The lowest BCUT2D eigenvalue weighted by Gasteiger charge is -2.20. The highest BCUT2D eigenvalue weighted by molar-refractivity contribution is 5.70. The van der Waals surface area contributed by atoms with Crippen molar-refractivity contribution < 1.29 is 14.3 Å². The van der Waals surface area contributed by atoms with Gasteiger partial charge in [0.2, 0.25) is 0 Å². The molecule has 0 bridgehead atoms. The van der Waals surface area contributed by atoms with E-state index in [0.717, 1.165) is 17.9 Å². The lowest BCUT2D eigenvalue weighted by Crippen LogP contribution is -2.21. The number of benzene rings is 1. The first kappa shape index (κ1) is 14.4. The van der Waals surface area contributed by atoms with Gasteiger partial charge in [-0.3, -0.25) is 4.79 Å². The molecule has 1 aromatic carbocycles. The predicted molar refractivity (Wildman–Crippen MR) is 72.3 cm³/mol. The molecule has 0 spiro atoms. The number of rotatable bonds is 6. The third kappa shape index (κ3) is 3.65. The van der Waals surface area contributed by atoms with Crippen molar-refractivity contribution >= 4 is 11.7 Å². The van der Waals surface area contributed by atoms with Crippen LogP contribution >= 0.6 is 0 Å². The molecule has 0 radical (unpaired) electrons. The van der Waals surface area contributed by atoms with E-state index >= 15 is 0 Å². The van der Waals surface area contributed by atoms with Gasteiger partial charge in [0.15, 0.2) is 0 Å². The Morgan fingerprint density at radius 1 is 1.33 bits per heavy atom. The molecule has 0 aromatic heterocycles. The standard InChI is InChI=1S/C14H21NO3/c1-5-11-10-12(6-7-13(11)17-3)15(2)9-8-14(16)18-4/h6-7,10H,5,8-9H2,1-4H3. The molecule has 0 atom stereocenters. The minimum absolute atomic E-state index is 0.189. The van der Waals surface area contributed by atoms with Gasteiger partial charge in [-0.1, -0.05) is 6.92 Å². The van der Waals surface area contributed by atoms with E-state index in [1.54, 1.807) is 7.11 Å². The number of carbonyl (C=O) groups is 1. The smallest absolute Gasteiger partial charge is 0.307 e. The average Bonchev–Trinajstić information content (AvgIpc) is 2.43. The number of anilines is 1. The van der Waals surface area contributed by atoms with Crippen LogP contribution in [0.2, 0.25) is 0 Å². The number of carbonyl (C=O) groups excluding carboxylic acids is 1. The van der Waals surface area contributed by atoms with E-state index in [1.165, 1.54) is 12.7 Å². The number of esters is 1. The maximum absolute atomic E-state index is 11.1. The van der Waals surface area contributed by atoms with Crippen molar-refractivity contribution in [1.82, 2.24) is 0 Å². The molecular weight excluding hydrogens is 230 g/mol. The SMILES string of the molecule is CCc1cc(N(C)CCC(=O)OC)ccc1OC. The molecule has 0 heterocycles. The molecule has 0 N–H and O–H groups in total. The van der Waals surface area contributed by atoms with Crippen LogP contribution in [-0.4, -0.2) is 33.8 Å². The molecule has 0 aliphatic rings. The van der Waals surface area contributed by atoms with Gasteiger partial charge in [-0.05, 0) is 30.2 Å². The molecule has 0 saturated carbocycles. The van der Waals surface area contributed by atoms with Crippen LogP contribution in [0.3, 0.4) is 0 Å². The minimum atomic E-state index is -0.189. The second-order valence-electron chi connectivity index (χ2n) is 4.10.